The highest BCUT2D eigenvalue weighted by molar-refractivity contribution is 5.66. The van der Waals surface area contributed by atoms with Gasteiger partial charge in [0.2, 0.25) is 6.29 Å². The van der Waals surface area contributed by atoms with Gasteiger partial charge in [0.05, 0.1) is 6.61 Å². The number of ether oxygens (including phenoxy) is 3. The lowest BCUT2D eigenvalue weighted by Gasteiger charge is -2.39. The molecule has 190 valence electrons. The van der Waals surface area contributed by atoms with Crippen molar-refractivity contribution in [2.45, 2.75) is 104 Å². The summed E-state index contributed by atoms with van der Waals surface area (Å²) in [7, 11) is 0. The number of allylic oxidation sites excluding steroid dienone is 2. The lowest BCUT2D eigenvalue weighted by molar-refractivity contribution is -0.248. The van der Waals surface area contributed by atoms with E-state index >= 15 is 0 Å². The van der Waals surface area contributed by atoms with Gasteiger partial charge in [-0.05, 0) is 75.3 Å². The second-order valence-electron chi connectivity index (χ2n) is 10.2. The Morgan fingerprint density at radius 1 is 1.24 bits per heavy atom. The van der Waals surface area contributed by atoms with E-state index in [0.29, 0.717) is 23.1 Å². The Bertz CT molecular complexity index is 905. The molecule has 0 spiro atoms. The van der Waals surface area contributed by atoms with E-state index in [1.54, 1.807) is 0 Å². The zero-order valence-electron chi connectivity index (χ0n) is 21.2. The van der Waals surface area contributed by atoms with Crippen LogP contribution in [-0.4, -0.2) is 52.5 Å². The summed E-state index contributed by atoms with van der Waals surface area (Å²) in [5.41, 5.74) is 4.15. The number of carbonyl (C=O) groups is 1. The quantitative estimate of drug-likeness (QED) is 0.394. The fourth-order valence-corrected chi connectivity index (χ4v) is 5.21. The van der Waals surface area contributed by atoms with E-state index in [-0.39, 0.29) is 18.3 Å². The number of phenols is 1. The van der Waals surface area contributed by atoms with E-state index in [1.165, 1.54) is 18.1 Å². The third-order valence-electron chi connectivity index (χ3n) is 7.17. The van der Waals surface area contributed by atoms with E-state index in [1.807, 2.05) is 6.92 Å². The first-order valence-corrected chi connectivity index (χ1v) is 12.3. The number of aliphatic hydroxyl groups is 2. The maximum atomic E-state index is 11.3. The van der Waals surface area contributed by atoms with Crippen LogP contribution in [-0.2, 0) is 14.3 Å². The molecule has 1 aromatic carbocycles. The molecule has 7 nitrogen and oxygen atoms in total. The maximum absolute atomic E-state index is 11.3. The second-order valence-corrected chi connectivity index (χ2v) is 10.2. The minimum atomic E-state index is -1.44. The normalized spacial score (nSPS) is 29.6. The molecule has 3 rings (SSSR count). The standard InChI is InChI=1S/C27H40O7/c1-14(2)8-7-9-15(3)19-11-10-16(4)22-20(19)12-17(5)23(29)26(22)34-27-25(31)24(30)21(13-32-27)33-18(6)28/h8,12,15-16,19,21,24-25,27,29-31H,7,9-11,13H2,1-6H3/t15-,16-,19+,21+,24-,25+,27-/m0/s1. The van der Waals surface area contributed by atoms with Crippen LogP contribution >= 0.6 is 0 Å². The molecule has 1 heterocycles. The van der Waals surface area contributed by atoms with Gasteiger partial charge >= 0.3 is 5.97 Å². The van der Waals surface area contributed by atoms with Crippen molar-refractivity contribution < 1.29 is 34.3 Å². The molecule has 0 amide bonds. The number of hydrogen-bond acceptors (Lipinski definition) is 7. The highest BCUT2D eigenvalue weighted by Crippen LogP contribution is 2.51. The van der Waals surface area contributed by atoms with E-state index in [2.05, 4.69) is 39.8 Å². The van der Waals surface area contributed by atoms with Crippen molar-refractivity contribution in [2.24, 2.45) is 5.92 Å². The van der Waals surface area contributed by atoms with Crippen molar-refractivity contribution >= 4 is 5.97 Å². The number of aliphatic hydroxyl groups excluding tert-OH is 2. The van der Waals surface area contributed by atoms with Crippen LogP contribution in [0.15, 0.2) is 17.7 Å². The van der Waals surface area contributed by atoms with Gasteiger partial charge in [0.25, 0.3) is 0 Å². The largest absolute Gasteiger partial charge is 0.504 e. The average Bonchev–Trinajstić information content (AvgIpc) is 2.75. The van der Waals surface area contributed by atoms with Gasteiger partial charge in [-0.15, -0.1) is 0 Å². The van der Waals surface area contributed by atoms with Crippen LogP contribution in [0.4, 0.5) is 0 Å². The molecule has 0 bridgehead atoms. The van der Waals surface area contributed by atoms with Gasteiger partial charge in [0, 0.05) is 12.5 Å². The van der Waals surface area contributed by atoms with Crippen molar-refractivity contribution in [3.8, 4) is 11.5 Å². The number of fused-ring (bicyclic) bond motifs is 1. The number of benzene rings is 1. The summed E-state index contributed by atoms with van der Waals surface area (Å²) in [5.74, 6) is 0.734. The third kappa shape index (κ3) is 5.75. The molecule has 34 heavy (non-hydrogen) atoms. The second kappa shape index (κ2) is 11.1. The Morgan fingerprint density at radius 3 is 2.59 bits per heavy atom. The summed E-state index contributed by atoms with van der Waals surface area (Å²) in [6, 6.07) is 2.07. The zero-order valence-corrected chi connectivity index (χ0v) is 21.2. The van der Waals surface area contributed by atoms with Crippen molar-refractivity contribution in [2.75, 3.05) is 6.61 Å². The number of phenolic OH excluding ortho intramolecular Hbond substituents is 1. The summed E-state index contributed by atoms with van der Waals surface area (Å²) in [6.45, 7) is 11.6. The molecule has 3 N–H and O–H groups in total. The van der Waals surface area contributed by atoms with E-state index in [0.717, 1.165) is 31.2 Å². The molecule has 1 aromatic rings. The molecule has 7 atom stereocenters. The number of aryl methyl sites for hydroxylation is 1. The monoisotopic (exact) mass is 476 g/mol. The first kappa shape index (κ1) is 26.5. The average molecular weight is 477 g/mol. The van der Waals surface area contributed by atoms with Crippen LogP contribution < -0.4 is 4.74 Å². The van der Waals surface area contributed by atoms with Gasteiger partial charge in [-0.3, -0.25) is 4.79 Å². The molecule has 0 aromatic heterocycles. The Balaban J connectivity index is 1.89. The summed E-state index contributed by atoms with van der Waals surface area (Å²) < 4.78 is 16.7. The minimum Gasteiger partial charge on any atom is -0.504 e. The van der Waals surface area contributed by atoms with Crippen LogP contribution in [0.2, 0.25) is 0 Å². The minimum absolute atomic E-state index is 0.0239. The fourth-order valence-electron chi connectivity index (χ4n) is 5.21. The molecule has 0 saturated carbocycles. The molecule has 1 saturated heterocycles. The predicted octanol–water partition coefficient (Wildman–Crippen LogP) is 4.45. The molecule has 0 radical (unpaired) electrons. The highest BCUT2D eigenvalue weighted by Gasteiger charge is 2.43. The van der Waals surface area contributed by atoms with Gasteiger partial charge in [0.15, 0.2) is 17.6 Å². The van der Waals surface area contributed by atoms with Gasteiger partial charge in [-0.2, -0.15) is 0 Å². The lowest BCUT2D eigenvalue weighted by Crippen LogP contribution is -2.56. The van der Waals surface area contributed by atoms with Gasteiger partial charge in [-0.1, -0.05) is 31.6 Å². The van der Waals surface area contributed by atoms with Crippen LogP contribution in [0.3, 0.4) is 0 Å². The molecule has 0 unspecified atom stereocenters. The zero-order chi connectivity index (χ0) is 25.2. The molecule has 1 fully saturated rings. The van der Waals surface area contributed by atoms with E-state index in [9.17, 15) is 20.1 Å². The van der Waals surface area contributed by atoms with Crippen molar-refractivity contribution in [1.29, 1.82) is 0 Å². The number of hydrogen-bond donors (Lipinski definition) is 3. The van der Waals surface area contributed by atoms with Gasteiger partial charge in [0.1, 0.15) is 12.2 Å². The van der Waals surface area contributed by atoms with Crippen LogP contribution in [0, 0.1) is 12.8 Å². The number of esters is 1. The first-order valence-electron chi connectivity index (χ1n) is 12.3. The number of aromatic hydroxyl groups is 1. The van der Waals surface area contributed by atoms with Crippen molar-refractivity contribution in [3.05, 3.63) is 34.4 Å². The van der Waals surface area contributed by atoms with E-state index in [4.69, 9.17) is 14.2 Å². The summed E-state index contributed by atoms with van der Waals surface area (Å²) in [4.78, 5) is 11.3. The Kier molecular flexibility index (Phi) is 8.66. The number of rotatable bonds is 7. The topological polar surface area (TPSA) is 105 Å². The molecule has 1 aliphatic carbocycles. The molecular weight excluding hydrogens is 436 g/mol. The Morgan fingerprint density at radius 2 is 1.94 bits per heavy atom. The molecule has 2 aliphatic rings. The van der Waals surface area contributed by atoms with Crippen molar-refractivity contribution in [1.82, 2.24) is 0 Å². The summed E-state index contributed by atoms with van der Waals surface area (Å²) in [6.07, 6.45) is 1.46. The first-order chi connectivity index (χ1) is 16.0. The third-order valence-corrected chi connectivity index (χ3v) is 7.17. The molecule has 7 heteroatoms. The molecular formula is C27H40O7. The Labute approximate surface area is 202 Å². The summed E-state index contributed by atoms with van der Waals surface area (Å²) in [5, 5.41) is 32.0. The Hall–Kier alpha value is -2.09. The van der Waals surface area contributed by atoms with Crippen LogP contribution in [0.1, 0.15) is 88.8 Å². The van der Waals surface area contributed by atoms with Gasteiger partial charge < -0.3 is 29.5 Å². The van der Waals surface area contributed by atoms with E-state index < -0.39 is 30.6 Å². The highest BCUT2D eigenvalue weighted by atomic mass is 16.7. The number of carbonyl (C=O) groups excluding carboxylic acids is 1. The molecule has 1 aliphatic heterocycles. The van der Waals surface area contributed by atoms with Crippen molar-refractivity contribution in [3.63, 3.8) is 0 Å². The van der Waals surface area contributed by atoms with Gasteiger partial charge in [-0.25, -0.2) is 0 Å². The fraction of sp³-hybridized carbons (Fsp3) is 0.667. The maximum Gasteiger partial charge on any atom is 0.303 e. The van der Waals surface area contributed by atoms with Crippen LogP contribution in [0.25, 0.3) is 0 Å². The summed E-state index contributed by atoms with van der Waals surface area (Å²) >= 11 is 0. The lowest BCUT2D eigenvalue weighted by atomic mass is 9.70. The SMILES string of the molecule is CC(=O)O[C@@H]1CO[C@@H](Oc2c(O)c(C)cc3c2[C@@H](C)CC[C@@H]3[C@@H](C)CCC=C(C)C)[C@H](O)[C@H]1O. The smallest absolute Gasteiger partial charge is 0.303 e. The van der Waals surface area contributed by atoms with Crippen LogP contribution in [0.5, 0.6) is 11.5 Å². The predicted molar refractivity (Wildman–Crippen MR) is 129 cm³/mol.